The number of amides is 1. The van der Waals surface area contributed by atoms with Gasteiger partial charge in [-0.2, -0.15) is 0 Å². The number of methoxy groups -OCH3 is 1. The van der Waals surface area contributed by atoms with Crippen LogP contribution in [-0.4, -0.2) is 24.7 Å². The SMILES string of the molecule is C.C=C(C(C)=N/C(C)=C(\C)C(N)=O)c1ccc(-c2cc(Cl)c(CC(=O)OC)cc2Cl)cc1. The molecule has 0 saturated carbocycles. The minimum atomic E-state index is -0.503. The quantitative estimate of drug-likeness (QED) is 0.291. The van der Waals surface area contributed by atoms with Gasteiger partial charge < -0.3 is 10.5 Å². The van der Waals surface area contributed by atoms with E-state index in [9.17, 15) is 9.59 Å². The van der Waals surface area contributed by atoms with E-state index in [0.29, 0.717) is 32.6 Å². The Kier molecular flexibility index (Phi) is 9.88. The molecule has 0 bridgehead atoms. The second-order valence-corrected chi connectivity index (χ2v) is 7.82. The fraction of sp³-hybridized carbons (Fsp3) is 0.240. The van der Waals surface area contributed by atoms with E-state index in [1.807, 2.05) is 31.2 Å². The Balaban J connectivity index is 0.00000512. The Morgan fingerprint density at radius 1 is 1.06 bits per heavy atom. The Morgan fingerprint density at radius 3 is 2.19 bits per heavy atom. The van der Waals surface area contributed by atoms with Gasteiger partial charge in [-0.1, -0.05) is 61.5 Å². The molecule has 0 heterocycles. The van der Waals surface area contributed by atoms with Crippen molar-refractivity contribution in [3.8, 4) is 11.1 Å². The van der Waals surface area contributed by atoms with Crippen LogP contribution < -0.4 is 5.73 Å². The normalized spacial score (nSPS) is 11.9. The lowest BCUT2D eigenvalue weighted by Gasteiger charge is -2.11. The molecule has 0 unspecified atom stereocenters. The lowest BCUT2D eigenvalue weighted by atomic mass is 9.98. The monoisotopic (exact) mass is 474 g/mol. The van der Waals surface area contributed by atoms with Crippen LogP contribution in [0, 0.1) is 0 Å². The van der Waals surface area contributed by atoms with Crippen molar-refractivity contribution < 1.29 is 14.3 Å². The van der Waals surface area contributed by atoms with Crippen molar-refractivity contribution in [3.63, 3.8) is 0 Å². The fourth-order valence-corrected chi connectivity index (χ4v) is 3.34. The molecule has 2 N–H and O–H groups in total. The van der Waals surface area contributed by atoms with Crippen molar-refractivity contribution in [2.75, 3.05) is 7.11 Å². The Labute approximate surface area is 199 Å². The van der Waals surface area contributed by atoms with E-state index in [4.69, 9.17) is 28.9 Å². The smallest absolute Gasteiger partial charge is 0.310 e. The number of carbonyl (C=O) groups excluding carboxylic acids is 2. The molecule has 0 aliphatic rings. The van der Waals surface area contributed by atoms with E-state index in [-0.39, 0.29) is 19.8 Å². The number of aliphatic imine (C=N–C) groups is 1. The first kappa shape index (κ1) is 27.1. The van der Waals surface area contributed by atoms with Crippen molar-refractivity contribution in [2.45, 2.75) is 34.6 Å². The predicted octanol–water partition coefficient (Wildman–Crippen LogP) is 6.27. The molecule has 7 heteroatoms. The average Bonchev–Trinajstić information content (AvgIpc) is 2.74. The van der Waals surface area contributed by atoms with Crippen LogP contribution >= 0.6 is 23.2 Å². The summed E-state index contributed by atoms with van der Waals surface area (Å²) < 4.78 is 4.68. The number of nitrogens with zero attached hydrogens (tertiary/aromatic N) is 1. The third-order valence-corrected chi connectivity index (χ3v) is 5.59. The number of hydrogen-bond acceptors (Lipinski definition) is 4. The molecule has 0 atom stereocenters. The second-order valence-electron chi connectivity index (χ2n) is 7.00. The molecule has 2 aromatic rings. The van der Waals surface area contributed by atoms with Gasteiger partial charge in [0.2, 0.25) is 5.91 Å². The van der Waals surface area contributed by atoms with Gasteiger partial charge in [-0.25, -0.2) is 0 Å². The molecule has 0 saturated heterocycles. The van der Waals surface area contributed by atoms with Gasteiger partial charge in [-0.15, -0.1) is 0 Å². The first-order valence-corrected chi connectivity index (χ1v) is 10.2. The summed E-state index contributed by atoms with van der Waals surface area (Å²) in [4.78, 5) is 27.3. The number of rotatable bonds is 7. The molecule has 0 radical (unpaired) electrons. The van der Waals surface area contributed by atoms with Crippen LogP contribution in [0.15, 0.2) is 59.2 Å². The van der Waals surface area contributed by atoms with Gasteiger partial charge in [-0.05, 0) is 55.2 Å². The van der Waals surface area contributed by atoms with Crippen molar-refractivity contribution in [1.82, 2.24) is 0 Å². The number of nitrogens with two attached hydrogens (primary N) is 1. The Hall–Kier alpha value is -2.89. The van der Waals surface area contributed by atoms with E-state index < -0.39 is 5.91 Å². The zero-order valence-corrected chi connectivity index (χ0v) is 19.4. The third-order valence-electron chi connectivity index (χ3n) is 4.93. The highest BCUT2D eigenvalue weighted by Crippen LogP contribution is 2.34. The molecule has 2 aromatic carbocycles. The number of ether oxygens (including phenoxy) is 1. The van der Waals surface area contributed by atoms with Crippen LogP contribution in [0.2, 0.25) is 10.0 Å². The van der Waals surface area contributed by atoms with Crippen LogP contribution in [0.25, 0.3) is 16.7 Å². The summed E-state index contributed by atoms with van der Waals surface area (Å²) in [7, 11) is 1.32. The topological polar surface area (TPSA) is 81.8 Å². The number of hydrogen-bond donors (Lipinski definition) is 1. The highest BCUT2D eigenvalue weighted by molar-refractivity contribution is 6.36. The molecule has 0 aliphatic heterocycles. The van der Waals surface area contributed by atoms with Gasteiger partial charge in [0, 0.05) is 32.6 Å². The Morgan fingerprint density at radius 2 is 1.66 bits per heavy atom. The molecule has 0 spiro atoms. The molecule has 5 nitrogen and oxygen atoms in total. The van der Waals surface area contributed by atoms with Crippen LogP contribution in [0.5, 0.6) is 0 Å². The van der Waals surface area contributed by atoms with Crippen molar-refractivity contribution in [2.24, 2.45) is 10.7 Å². The van der Waals surface area contributed by atoms with Crippen LogP contribution in [-0.2, 0) is 20.7 Å². The number of benzene rings is 2. The molecule has 1 amide bonds. The van der Waals surface area contributed by atoms with Crippen LogP contribution in [0.4, 0.5) is 0 Å². The van der Waals surface area contributed by atoms with Crippen molar-refractivity contribution in [1.29, 1.82) is 0 Å². The summed E-state index contributed by atoms with van der Waals surface area (Å²) >= 11 is 12.8. The maximum Gasteiger partial charge on any atom is 0.310 e. The van der Waals surface area contributed by atoms with E-state index in [2.05, 4.69) is 16.3 Å². The van der Waals surface area contributed by atoms with Crippen molar-refractivity contribution >= 4 is 46.4 Å². The standard InChI is InChI=1S/C24H24Cl2N2O3.CH4/c1-13(15(3)28-16(4)14(2)24(27)30)17-6-8-18(9-7-17)20-12-21(25)19(10-22(20)26)11-23(29)31-5;/h6-10,12H,1,11H2,2-5H3,(H2,27,30);1H4/b16-14+,28-15?;. The lowest BCUT2D eigenvalue weighted by Crippen LogP contribution is -2.13. The largest absolute Gasteiger partial charge is 0.469 e. The van der Waals surface area contributed by atoms with Gasteiger partial charge in [0.15, 0.2) is 0 Å². The first-order chi connectivity index (χ1) is 14.5. The number of carbonyl (C=O) groups is 2. The van der Waals surface area contributed by atoms with Crippen LogP contribution in [0.1, 0.15) is 39.3 Å². The minimum Gasteiger partial charge on any atom is -0.469 e. The first-order valence-electron chi connectivity index (χ1n) is 9.42. The number of halogens is 2. The summed E-state index contributed by atoms with van der Waals surface area (Å²) in [5.74, 6) is -0.890. The summed E-state index contributed by atoms with van der Waals surface area (Å²) in [6.07, 6.45) is 0.0514. The summed E-state index contributed by atoms with van der Waals surface area (Å²) in [5, 5.41) is 0.920. The van der Waals surface area contributed by atoms with Gasteiger partial charge in [0.25, 0.3) is 0 Å². The highest BCUT2D eigenvalue weighted by atomic mass is 35.5. The van der Waals surface area contributed by atoms with Gasteiger partial charge >= 0.3 is 5.97 Å². The van der Waals surface area contributed by atoms with E-state index in [1.54, 1.807) is 26.0 Å². The number of esters is 1. The van der Waals surface area contributed by atoms with Gasteiger partial charge in [0.1, 0.15) is 0 Å². The maximum atomic E-state index is 11.5. The molecular weight excluding hydrogens is 447 g/mol. The zero-order valence-electron chi connectivity index (χ0n) is 17.9. The third kappa shape index (κ3) is 6.55. The maximum absolute atomic E-state index is 11.5. The molecule has 0 aromatic heterocycles. The van der Waals surface area contributed by atoms with E-state index in [1.165, 1.54) is 7.11 Å². The molecule has 2 rings (SSSR count). The predicted molar refractivity (Wildman–Crippen MR) is 134 cm³/mol. The number of allylic oxidation sites excluding steroid dienone is 2. The molecule has 32 heavy (non-hydrogen) atoms. The summed E-state index contributed by atoms with van der Waals surface area (Å²) in [6.45, 7) is 9.29. The zero-order chi connectivity index (χ0) is 23.3. The summed E-state index contributed by atoms with van der Waals surface area (Å²) in [5.41, 5.74) is 10.8. The van der Waals surface area contributed by atoms with Gasteiger partial charge in [0.05, 0.1) is 13.5 Å². The van der Waals surface area contributed by atoms with Gasteiger partial charge in [-0.3, -0.25) is 14.6 Å². The van der Waals surface area contributed by atoms with Crippen LogP contribution in [0.3, 0.4) is 0 Å². The Bertz CT molecular complexity index is 1100. The lowest BCUT2D eigenvalue weighted by molar-refractivity contribution is -0.139. The molecular formula is C25H28Cl2N2O3. The number of primary amides is 1. The minimum absolute atomic E-state index is 0. The average molecular weight is 475 g/mol. The van der Waals surface area contributed by atoms with Crippen molar-refractivity contribution in [3.05, 3.63) is 75.4 Å². The van der Waals surface area contributed by atoms with E-state index >= 15 is 0 Å². The second kappa shape index (κ2) is 11.7. The highest BCUT2D eigenvalue weighted by Gasteiger charge is 2.13. The fourth-order valence-electron chi connectivity index (χ4n) is 2.81. The molecule has 0 fully saturated rings. The molecule has 170 valence electrons. The molecule has 0 aliphatic carbocycles. The summed E-state index contributed by atoms with van der Waals surface area (Å²) in [6, 6.07) is 11.0. The van der Waals surface area contributed by atoms with E-state index in [0.717, 1.165) is 22.3 Å².